The maximum Gasteiger partial charge on any atom is 2.00 e. The van der Waals surface area contributed by atoms with Gasteiger partial charge in [-0.05, 0) is 0 Å². The molecule has 36 valence electrons. The molecule has 0 aliphatic rings. The van der Waals surface area contributed by atoms with Gasteiger partial charge in [0.25, 0.3) is 0 Å². The van der Waals surface area contributed by atoms with Crippen LogP contribution < -0.4 is 0 Å². The van der Waals surface area contributed by atoms with Crippen LogP contribution in [-0.4, -0.2) is 0 Å². The first-order chi connectivity index (χ1) is 2.00. The van der Waals surface area contributed by atoms with E-state index in [0.717, 1.165) is 0 Å². The molecular weight excluding hydrogens is 240 g/mol. The zero-order valence-electron chi connectivity index (χ0n) is 4.53. The molecule has 0 unspecified atom stereocenters. The third kappa shape index (κ3) is 53.3. The first-order valence-corrected chi connectivity index (χ1v) is 1.41. The van der Waals surface area contributed by atoms with Crippen molar-refractivity contribution in [3.05, 3.63) is 13.8 Å². The minimum atomic E-state index is 0. The monoisotopic (exact) mass is 252 g/mol. The quantitative estimate of drug-likeness (QED) is 0.458. The van der Waals surface area contributed by atoms with Gasteiger partial charge in [0.2, 0.25) is 0 Å². The smallest absolute Gasteiger partial charge is 0.346 e. The summed E-state index contributed by atoms with van der Waals surface area (Å²) in [6.45, 7) is 10.0. The largest absolute Gasteiger partial charge is 2.00 e. The van der Waals surface area contributed by atoms with E-state index in [0.29, 0.717) is 0 Å². The fourth-order valence-electron chi connectivity index (χ4n) is 0. The summed E-state index contributed by atoms with van der Waals surface area (Å²) in [4.78, 5) is 0. The van der Waals surface area contributed by atoms with Crippen molar-refractivity contribution in [2.45, 2.75) is 13.8 Å². The van der Waals surface area contributed by atoms with Crippen LogP contribution in [0.25, 0.3) is 0 Å². The van der Waals surface area contributed by atoms with Crippen LogP contribution in [0, 0.1) is 13.8 Å². The van der Waals surface area contributed by atoms with Crippen LogP contribution in [0.3, 0.4) is 0 Å². The molecular formula is C4H11BrCd. The van der Waals surface area contributed by atoms with Gasteiger partial charge in [0.1, 0.15) is 0 Å². The summed E-state index contributed by atoms with van der Waals surface area (Å²) < 4.78 is 0. The minimum absolute atomic E-state index is 0. The molecule has 2 heteroatoms. The number of rotatable bonds is 0. The van der Waals surface area contributed by atoms with Crippen molar-refractivity contribution < 1.29 is 27.3 Å². The zero-order valence-corrected chi connectivity index (χ0v) is 10.3. The van der Waals surface area contributed by atoms with Gasteiger partial charge in [-0.25, -0.2) is 0 Å². The van der Waals surface area contributed by atoms with Gasteiger partial charge >= 0.3 is 27.3 Å². The van der Waals surface area contributed by atoms with Gasteiger partial charge in [-0.15, -0.1) is 17.0 Å². The van der Waals surface area contributed by atoms with Crippen LogP contribution >= 0.6 is 17.0 Å². The van der Waals surface area contributed by atoms with E-state index in [2.05, 4.69) is 13.8 Å². The Morgan fingerprint density at radius 1 is 0.833 bits per heavy atom. The van der Waals surface area contributed by atoms with Crippen LogP contribution in [0.2, 0.25) is 0 Å². The molecule has 0 amide bonds. The Balaban J connectivity index is -0.00000000500. The average molecular weight is 251 g/mol. The van der Waals surface area contributed by atoms with Gasteiger partial charge in [-0.1, -0.05) is 0 Å². The summed E-state index contributed by atoms with van der Waals surface area (Å²) in [6, 6.07) is 0. The van der Waals surface area contributed by atoms with Crippen molar-refractivity contribution in [1.29, 1.82) is 0 Å². The Labute approximate surface area is 71.6 Å². The average Bonchev–Trinajstić information content (AvgIpc) is 1.50. The van der Waals surface area contributed by atoms with Gasteiger partial charge < -0.3 is 13.8 Å². The molecule has 0 aromatic rings. The predicted molar refractivity (Wildman–Crippen MR) is 32.4 cm³/mol. The standard InChI is InChI=1S/2C2H5.BrH.Cd/c2*1-2;;/h2*1H2,2H3;1H;/q2*-1;;+2. The summed E-state index contributed by atoms with van der Waals surface area (Å²) in [5, 5.41) is 0. The third-order valence-electron chi connectivity index (χ3n) is 0. The third-order valence-corrected chi connectivity index (χ3v) is 0. The molecule has 0 bridgehead atoms. The van der Waals surface area contributed by atoms with Gasteiger partial charge in [0.15, 0.2) is 0 Å². The molecule has 0 heterocycles. The Hall–Kier alpha value is 1.40. The molecule has 0 aliphatic carbocycles. The summed E-state index contributed by atoms with van der Waals surface area (Å²) in [5.41, 5.74) is 0. The van der Waals surface area contributed by atoms with Gasteiger partial charge in [-0.3, -0.25) is 0 Å². The molecule has 6 heavy (non-hydrogen) atoms. The summed E-state index contributed by atoms with van der Waals surface area (Å²) >= 11 is 0. The minimum Gasteiger partial charge on any atom is -0.346 e. The number of hydrogen-bond donors (Lipinski definition) is 0. The second-order valence-corrected chi connectivity index (χ2v) is 0. The van der Waals surface area contributed by atoms with E-state index in [4.69, 9.17) is 0 Å². The molecule has 0 aromatic heterocycles. The Bertz CT molecular complexity index is 7.51. The van der Waals surface area contributed by atoms with Crippen LogP contribution in [0.15, 0.2) is 0 Å². The van der Waals surface area contributed by atoms with Crippen LogP contribution in [0.5, 0.6) is 0 Å². The van der Waals surface area contributed by atoms with E-state index in [1.807, 2.05) is 0 Å². The fourth-order valence-corrected chi connectivity index (χ4v) is 0. The molecule has 0 rings (SSSR count). The van der Waals surface area contributed by atoms with Crippen LogP contribution in [-0.2, 0) is 27.3 Å². The molecule has 0 fully saturated rings. The van der Waals surface area contributed by atoms with Crippen molar-refractivity contribution in [1.82, 2.24) is 0 Å². The first-order valence-electron chi connectivity index (χ1n) is 1.41. The van der Waals surface area contributed by atoms with E-state index in [1.165, 1.54) is 0 Å². The van der Waals surface area contributed by atoms with Crippen molar-refractivity contribution in [2.24, 2.45) is 0 Å². The molecule has 0 radical (unpaired) electrons. The zero-order chi connectivity index (χ0) is 4.00. The maximum atomic E-state index is 3.25. The molecule has 0 spiro atoms. The summed E-state index contributed by atoms with van der Waals surface area (Å²) in [6.07, 6.45) is 0. The van der Waals surface area contributed by atoms with Crippen LogP contribution in [0.4, 0.5) is 0 Å². The van der Waals surface area contributed by atoms with Crippen LogP contribution in [0.1, 0.15) is 13.8 Å². The van der Waals surface area contributed by atoms with E-state index >= 15 is 0 Å². The van der Waals surface area contributed by atoms with Crippen molar-refractivity contribution in [3.63, 3.8) is 0 Å². The van der Waals surface area contributed by atoms with E-state index in [-0.39, 0.29) is 44.3 Å². The van der Waals surface area contributed by atoms with Gasteiger partial charge in [-0.2, -0.15) is 13.8 Å². The molecule has 0 saturated heterocycles. The SMILES string of the molecule is Br.[CH2-]C.[CH2-]C.[Cd+2]. The number of halogens is 1. The van der Waals surface area contributed by atoms with Gasteiger partial charge in [0.05, 0.1) is 0 Å². The molecule has 0 saturated carbocycles. The number of hydrogen-bond acceptors (Lipinski definition) is 0. The van der Waals surface area contributed by atoms with Gasteiger partial charge in [0, 0.05) is 0 Å². The van der Waals surface area contributed by atoms with Crippen molar-refractivity contribution in [2.75, 3.05) is 0 Å². The molecule has 0 nitrogen and oxygen atoms in total. The molecule has 0 aliphatic heterocycles. The molecule has 0 atom stereocenters. The second-order valence-electron chi connectivity index (χ2n) is 0. The Morgan fingerprint density at radius 2 is 0.833 bits per heavy atom. The predicted octanol–water partition coefficient (Wildman–Crippen LogP) is 2.26. The summed E-state index contributed by atoms with van der Waals surface area (Å²) in [7, 11) is 0. The van der Waals surface area contributed by atoms with E-state index in [1.54, 1.807) is 13.8 Å². The Kier molecular flexibility index (Phi) is 415. The van der Waals surface area contributed by atoms with E-state index in [9.17, 15) is 0 Å². The fraction of sp³-hybridized carbons (Fsp3) is 0.500. The van der Waals surface area contributed by atoms with Crippen molar-refractivity contribution >= 4 is 17.0 Å². The summed E-state index contributed by atoms with van der Waals surface area (Å²) in [5.74, 6) is 0. The van der Waals surface area contributed by atoms with Crippen molar-refractivity contribution in [3.8, 4) is 0 Å². The first kappa shape index (κ1) is 26.2. The maximum absolute atomic E-state index is 3.25. The Morgan fingerprint density at radius 3 is 0.833 bits per heavy atom. The normalized spacial score (nSPS) is 2.00. The second kappa shape index (κ2) is 95.0. The van der Waals surface area contributed by atoms with E-state index < -0.39 is 0 Å². The molecule has 0 N–H and O–H groups in total. The topological polar surface area (TPSA) is 0 Å². The molecule has 0 aromatic carbocycles.